The number of nitrogens with one attached hydrogen (secondary N) is 1. The van der Waals surface area contributed by atoms with Crippen molar-refractivity contribution in [3.8, 4) is 0 Å². The van der Waals surface area contributed by atoms with E-state index >= 15 is 0 Å². The molecule has 1 amide bonds. The molecule has 1 aliphatic rings. The van der Waals surface area contributed by atoms with E-state index in [-0.39, 0.29) is 5.91 Å². The van der Waals surface area contributed by atoms with Crippen LogP contribution in [0, 0.1) is 12.8 Å². The molecular formula is C15H20BrNO. The third kappa shape index (κ3) is 3.58. The highest BCUT2D eigenvalue weighted by molar-refractivity contribution is 9.10. The van der Waals surface area contributed by atoms with Crippen LogP contribution in [-0.4, -0.2) is 11.9 Å². The number of carbonyl (C=O) groups excluding carboxylic acids is 1. The van der Waals surface area contributed by atoms with Crippen LogP contribution in [0.25, 0.3) is 0 Å². The van der Waals surface area contributed by atoms with E-state index in [1.807, 2.05) is 25.1 Å². The predicted molar refractivity (Wildman–Crippen MR) is 77.8 cm³/mol. The molecule has 18 heavy (non-hydrogen) atoms. The molecule has 1 fully saturated rings. The summed E-state index contributed by atoms with van der Waals surface area (Å²) >= 11 is 3.45. The molecule has 2 rings (SSSR count). The molecule has 0 bridgehead atoms. The van der Waals surface area contributed by atoms with Crippen LogP contribution in [0.1, 0.15) is 48.5 Å². The molecule has 0 spiro atoms. The maximum atomic E-state index is 12.2. The van der Waals surface area contributed by atoms with Gasteiger partial charge in [-0.1, -0.05) is 31.4 Å². The number of halogens is 1. The summed E-state index contributed by atoms with van der Waals surface area (Å²) in [6, 6.07) is 6.19. The summed E-state index contributed by atoms with van der Waals surface area (Å²) in [4.78, 5) is 12.2. The SMILES string of the molecule is CCC(CC1CC1)NC(=O)c1cc(C)ccc1Br. The molecule has 1 unspecified atom stereocenters. The molecule has 1 aliphatic carbocycles. The van der Waals surface area contributed by atoms with Crippen molar-refractivity contribution in [1.82, 2.24) is 5.32 Å². The van der Waals surface area contributed by atoms with Crippen LogP contribution in [0.2, 0.25) is 0 Å². The van der Waals surface area contributed by atoms with E-state index < -0.39 is 0 Å². The third-order valence-electron chi connectivity index (χ3n) is 3.51. The second kappa shape index (κ2) is 5.87. The van der Waals surface area contributed by atoms with E-state index in [0.717, 1.165) is 34.4 Å². The lowest BCUT2D eigenvalue weighted by molar-refractivity contribution is 0.0932. The Bertz CT molecular complexity index is 440. The zero-order valence-corrected chi connectivity index (χ0v) is 12.6. The summed E-state index contributed by atoms with van der Waals surface area (Å²) < 4.78 is 0.867. The van der Waals surface area contributed by atoms with E-state index in [2.05, 4.69) is 28.2 Å². The smallest absolute Gasteiger partial charge is 0.252 e. The Labute approximate surface area is 117 Å². The number of hydrogen-bond acceptors (Lipinski definition) is 1. The van der Waals surface area contributed by atoms with Gasteiger partial charge in [-0.2, -0.15) is 0 Å². The van der Waals surface area contributed by atoms with Crippen LogP contribution >= 0.6 is 15.9 Å². The Hall–Kier alpha value is -0.830. The summed E-state index contributed by atoms with van der Waals surface area (Å²) in [6.07, 6.45) is 4.80. The number of amides is 1. The van der Waals surface area contributed by atoms with Crippen LogP contribution in [0.5, 0.6) is 0 Å². The highest BCUT2D eigenvalue weighted by Crippen LogP contribution is 2.34. The molecule has 1 N–H and O–H groups in total. The fourth-order valence-electron chi connectivity index (χ4n) is 2.16. The second-order valence-electron chi connectivity index (χ2n) is 5.24. The van der Waals surface area contributed by atoms with Crippen LogP contribution in [-0.2, 0) is 0 Å². The highest BCUT2D eigenvalue weighted by Gasteiger charge is 2.25. The number of benzene rings is 1. The Morgan fingerprint density at radius 3 is 2.83 bits per heavy atom. The quantitative estimate of drug-likeness (QED) is 0.873. The largest absolute Gasteiger partial charge is 0.349 e. The molecule has 0 radical (unpaired) electrons. The lowest BCUT2D eigenvalue weighted by atomic mass is 10.1. The van der Waals surface area contributed by atoms with E-state index in [9.17, 15) is 4.79 Å². The van der Waals surface area contributed by atoms with Gasteiger partial charge in [0.15, 0.2) is 0 Å². The first-order valence-electron chi connectivity index (χ1n) is 6.67. The van der Waals surface area contributed by atoms with Crippen LogP contribution < -0.4 is 5.32 Å². The second-order valence-corrected chi connectivity index (χ2v) is 6.10. The van der Waals surface area contributed by atoms with Crippen molar-refractivity contribution in [2.24, 2.45) is 5.92 Å². The summed E-state index contributed by atoms with van der Waals surface area (Å²) in [6.45, 7) is 4.14. The van der Waals surface area contributed by atoms with Crippen LogP contribution in [0.15, 0.2) is 22.7 Å². The maximum Gasteiger partial charge on any atom is 0.252 e. The first-order chi connectivity index (χ1) is 8.60. The van der Waals surface area contributed by atoms with Gasteiger partial charge in [0.1, 0.15) is 0 Å². The van der Waals surface area contributed by atoms with Crippen molar-refractivity contribution in [2.75, 3.05) is 0 Å². The van der Waals surface area contributed by atoms with Gasteiger partial charge in [0, 0.05) is 10.5 Å². The molecule has 3 heteroatoms. The van der Waals surface area contributed by atoms with Gasteiger partial charge in [-0.05, 0) is 53.7 Å². The maximum absolute atomic E-state index is 12.2. The van der Waals surface area contributed by atoms with Gasteiger partial charge < -0.3 is 5.32 Å². The molecule has 0 aliphatic heterocycles. The standard InChI is InChI=1S/C15H20BrNO/c1-3-12(9-11-5-6-11)17-15(18)13-8-10(2)4-7-14(13)16/h4,7-8,11-12H,3,5-6,9H2,1-2H3,(H,17,18). The average molecular weight is 310 g/mol. The molecule has 2 nitrogen and oxygen atoms in total. The lowest BCUT2D eigenvalue weighted by Gasteiger charge is -2.17. The molecule has 1 saturated carbocycles. The Kier molecular flexibility index (Phi) is 4.44. The zero-order valence-electron chi connectivity index (χ0n) is 11.0. The highest BCUT2D eigenvalue weighted by atomic mass is 79.9. The summed E-state index contributed by atoms with van der Waals surface area (Å²) in [5.74, 6) is 0.884. The molecular weight excluding hydrogens is 290 g/mol. The Morgan fingerprint density at radius 1 is 1.50 bits per heavy atom. The van der Waals surface area contributed by atoms with Gasteiger partial charge >= 0.3 is 0 Å². The van der Waals surface area contributed by atoms with Crippen LogP contribution in [0.4, 0.5) is 0 Å². The fourth-order valence-corrected chi connectivity index (χ4v) is 2.59. The Balaban J connectivity index is 2.02. The van der Waals surface area contributed by atoms with Gasteiger partial charge in [-0.3, -0.25) is 4.79 Å². The van der Waals surface area contributed by atoms with Gasteiger partial charge in [0.2, 0.25) is 0 Å². The molecule has 1 atom stereocenters. The molecule has 98 valence electrons. The van der Waals surface area contributed by atoms with E-state index in [0.29, 0.717) is 6.04 Å². The lowest BCUT2D eigenvalue weighted by Crippen LogP contribution is -2.35. The molecule has 1 aromatic rings. The molecule has 0 saturated heterocycles. The van der Waals surface area contributed by atoms with E-state index in [1.54, 1.807) is 0 Å². The predicted octanol–water partition coefficient (Wildman–Crippen LogP) is 4.07. The minimum atomic E-state index is 0.0399. The Morgan fingerprint density at radius 2 is 2.22 bits per heavy atom. The topological polar surface area (TPSA) is 29.1 Å². The third-order valence-corrected chi connectivity index (χ3v) is 4.20. The summed E-state index contributed by atoms with van der Waals surface area (Å²) in [7, 11) is 0. The van der Waals surface area contributed by atoms with Crippen molar-refractivity contribution in [3.05, 3.63) is 33.8 Å². The summed E-state index contributed by atoms with van der Waals surface area (Å²) in [5, 5.41) is 3.15. The average Bonchev–Trinajstić information content (AvgIpc) is 3.15. The van der Waals surface area contributed by atoms with Crippen molar-refractivity contribution >= 4 is 21.8 Å². The van der Waals surface area contributed by atoms with Crippen molar-refractivity contribution in [2.45, 2.75) is 45.6 Å². The van der Waals surface area contributed by atoms with Crippen molar-refractivity contribution in [3.63, 3.8) is 0 Å². The number of hydrogen-bond donors (Lipinski definition) is 1. The fraction of sp³-hybridized carbons (Fsp3) is 0.533. The molecule has 0 aromatic heterocycles. The van der Waals surface area contributed by atoms with Crippen molar-refractivity contribution in [1.29, 1.82) is 0 Å². The number of aryl methyl sites for hydroxylation is 1. The normalized spacial score (nSPS) is 16.4. The van der Waals surface area contributed by atoms with Crippen LogP contribution in [0.3, 0.4) is 0 Å². The van der Waals surface area contributed by atoms with Gasteiger partial charge in [-0.25, -0.2) is 0 Å². The number of carbonyl (C=O) groups is 1. The monoisotopic (exact) mass is 309 g/mol. The zero-order chi connectivity index (χ0) is 13.1. The van der Waals surface area contributed by atoms with Gasteiger partial charge in [0.05, 0.1) is 5.56 Å². The van der Waals surface area contributed by atoms with E-state index in [4.69, 9.17) is 0 Å². The minimum Gasteiger partial charge on any atom is -0.349 e. The summed E-state index contributed by atoms with van der Waals surface area (Å²) in [5.41, 5.74) is 1.85. The van der Waals surface area contributed by atoms with Crippen molar-refractivity contribution < 1.29 is 4.79 Å². The minimum absolute atomic E-state index is 0.0399. The first kappa shape index (κ1) is 13.6. The van der Waals surface area contributed by atoms with Gasteiger partial charge in [0.25, 0.3) is 5.91 Å². The molecule has 1 aromatic carbocycles. The van der Waals surface area contributed by atoms with Gasteiger partial charge in [-0.15, -0.1) is 0 Å². The number of rotatable bonds is 5. The first-order valence-corrected chi connectivity index (χ1v) is 7.46. The van der Waals surface area contributed by atoms with E-state index in [1.165, 1.54) is 12.8 Å². The molecule has 0 heterocycles.